The first kappa shape index (κ1) is 8.54. The molecule has 1 unspecified atom stereocenters. The van der Waals surface area contributed by atoms with Crippen molar-refractivity contribution in [1.82, 2.24) is 0 Å². The average molecular weight is 180 g/mol. The molecule has 13 heavy (non-hydrogen) atoms. The van der Waals surface area contributed by atoms with Gasteiger partial charge in [0.2, 0.25) is 0 Å². The van der Waals surface area contributed by atoms with E-state index in [1.165, 1.54) is 0 Å². The molecule has 2 rings (SSSR count). The van der Waals surface area contributed by atoms with Gasteiger partial charge in [-0.1, -0.05) is 24.6 Å². The highest BCUT2D eigenvalue weighted by atomic mass is 19.1. The average Bonchev–Trinajstić information content (AvgIpc) is 2.01. The van der Waals surface area contributed by atoms with E-state index in [2.05, 4.69) is 0 Å². The smallest absolute Gasteiger partial charge is 0.131 e. The van der Waals surface area contributed by atoms with Gasteiger partial charge >= 0.3 is 0 Å². The van der Waals surface area contributed by atoms with E-state index in [1.54, 1.807) is 24.3 Å². The monoisotopic (exact) mass is 180 g/mol. The van der Waals surface area contributed by atoms with Gasteiger partial charge in [0.25, 0.3) is 0 Å². The van der Waals surface area contributed by atoms with E-state index in [0.29, 0.717) is 5.56 Å². The lowest BCUT2D eigenvalue weighted by Crippen LogP contribution is -2.17. The van der Waals surface area contributed by atoms with E-state index >= 15 is 0 Å². The van der Waals surface area contributed by atoms with Crippen LogP contribution < -0.4 is 0 Å². The molecule has 1 fully saturated rings. The van der Waals surface area contributed by atoms with E-state index in [-0.39, 0.29) is 11.7 Å². The van der Waals surface area contributed by atoms with Gasteiger partial charge < -0.3 is 5.11 Å². The molecule has 0 heterocycles. The number of hydrogen-bond donors (Lipinski definition) is 1. The van der Waals surface area contributed by atoms with Crippen LogP contribution in [0.2, 0.25) is 0 Å². The molecular formula is C11H13FO. The Labute approximate surface area is 77.2 Å². The van der Waals surface area contributed by atoms with Gasteiger partial charge in [-0.2, -0.15) is 0 Å². The number of halogens is 1. The maximum Gasteiger partial charge on any atom is 0.131 e. The van der Waals surface area contributed by atoms with E-state index < -0.39 is 6.17 Å². The first-order valence-electron chi connectivity index (χ1n) is 4.71. The molecule has 1 atom stereocenters. The second-order valence-electron chi connectivity index (χ2n) is 3.65. The van der Waals surface area contributed by atoms with E-state index in [9.17, 15) is 9.50 Å². The maximum atomic E-state index is 13.7. The normalized spacial score (nSPS) is 19.5. The fourth-order valence-electron chi connectivity index (χ4n) is 1.71. The van der Waals surface area contributed by atoms with Gasteiger partial charge in [-0.05, 0) is 24.8 Å². The van der Waals surface area contributed by atoms with Crippen LogP contribution in [0.3, 0.4) is 0 Å². The molecule has 2 heteroatoms. The Balaban J connectivity index is 2.18. The lowest BCUT2D eigenvalue weighted by molar-refractivity contribution is 0.147. The predicted molar refractivity (Wildman–Crippen MR) is 49.3 cm³/mol. The molecule has 1 aliphatic carbocycles. The van der Waals surface area contributed by atoms with Crippen LogP contribution >= 0.6 is 0 Å². The first-order valence-corrected chi connectivity index (χ1v) is 4.71. The third-order valence-corrected chi connectivity index (χ3v) is 2.80. The van der Waals surface area contributed by atoms with Crippen molar-refractivity contribution < 1.29 is 9.50 Å². The summed E-state index contributed by atoms with van der Waals surface area (Å²) < 4.78 is 13.7. The van der Waals surface area contributed by atoms with Gasteiger partial charge in [-0.15, -0.1) is 0 Å². The number of phenols is 1. The van der Waals surface area contributed by atoms with Gasteiger partial charge in [0, 0.05) is 5.56 Å². The van der Waals surface area contributed by atoms with Crippen LogP contribution in [-0.4, -0.2) is 5.11 Å². The lowest BCUT2D eigenvalue weighted by atomic mass is 9.79. The minimum absolute atomic E-state index is 0.0851. The Kier molecular flexibility index (Phi) is 2.21. The summed E-state index contributed by atoms with van der Waals surface area (Å²) in [4.78, 5) is 0. The Bertz CT molecular complexity index is 294. The zero-order valence-corrected chi connectivity index (χ0v) is 7.41. The minimum atomic E-state index is -0.977. The van der Waals surface area contributed by atoms with Crippen molar-refractivity contribution >= 4 is 0 Å². The van der Waals surface area contributed by atoms with E-state index in [4.69, 9.17) is 0 Å². The highest BCUT2D eigenvalue weighted by molar-refractivity contribution is 5.34. The van der Waals surface area contributed by atoms with E-state index in [1.807, 2.05) is 0 Å². The molecular weight excluding hydrogens is 167 g/mol. The van der Waals surface area contributed by atoms with Crippen LogP contribution in [0.25, 0.3) is 0 Å². The number of aromatic hydroxyl groups is 1. The van der Waals surface area contributed by atoms with Gasteiger partial charge in [0.1, 0.15) is 11.9 Å². The van der Waals surface area contributed by atoms with Crippen molar-refractivity contribution in [1.29, 1.82) is 0 Å². The standard InChI is InChI=1S/C11H13FO/c12-11(8-4-3-5-8)9-6-1-2-7-10(9)13/h1-2,6-8,11,13H,3-5H2. The Morgan fingerprint density at radius 3 is 2.54 bits per heavy atom. The second-order valence-corrected chi connectivity index (χ2v) is 3.65. The quantitative estimate of drug-likeness (QED) is 0.741. The third-order valence-electron chi connectivity index (χ3n) is 2.80. The van der Waals surface area contributed by atoms with Crippen molar-refractivity contribution in [2.75, 3.05) is 0 Å². The van der Waals surface area contributed by atoms with Crippen LogP contribution in [0.15, 0.2) is 24.3 Å². The summed E-state index contributed by atoms with van der Waals surface area (Å²) in [5.41, 5.74) is 0.451. The molecule has 1 nitrogen and oxygen atoms in total. The maximum absolute atomic E-state index is 13.7. The summed E-state index contributed by atoms with van der Waals surface area (Å²) in [5.74, 6) is 0.218. The molecule has 0 bridgehead atoms. The molecule has 0 radical (unpaired) electrons. The summed E-state index contributed by atoms with van der Waals surface area (Å²) in [7, 11) is 0. The summed E-state index contributed by atoms with van der Waals surface area (Å²) in [6.07, 6.45) is 2.05. The van der Waals surface area contributed by atoms with Crippen molar-refractivity contribution in [3.05, 3.63) is 29.8 Å². The zero-order chi connectivity index (χ0) is 9.26. The number of hydrogen-bond acceptors (Lipinski definition) is 1. The summed E-state index contributed by atoms with van der Waals surface area (Å²) >= 11 is 0. The Morgan fingerprint density at radius 1 is 1.31 bits per heavy atom. The lowest BCUT2D eigenvalue weighted by Gasteiger charge is -2.29. The molecule has 0 saturated heterocycles. The largest absolute Gasteiger partial charge is 0.508 e. The molecule has 1 N–H and O–H groups in total. The van der Waals surface area contributed by atoms with Gasteiger partial charge in [-0.25, -0.2) is 4.39 Å². The van der Waals surface area contributed by atoms with Crippen LogP contribution in [0.1, 0.15) is 31.0 Å². The number of benzene rings is 1. The van der Waals surface area contributed by atoms with Crippen molar-refractivity contribution in [2.45, 2.75) is 25.4 Å². The predicted octanol–water partition coefficient (Wildman–Crippen LogP) is 3.20. The fourth-order valence-corrected chi connectivity index (χ4v) is 1.71. The molecule has 70 valence electrons. The minimum Gasteiger partial charge on any atom is -0.508 e. The number of alkyl halides is 1. The zero-order valence-electron chi connectivity index (χ0n) is 7.41. The van der Waals surface area contributed by atoms with E-state index in [0.717, 1.165) is 19.3 Å². The van der Waals surface area contributed by atoms with Crippen molar-refractivity contribution in [3.63, 3.8) is 0 Å². The molecule has 0 amide bonds. The fraction of sp³-hybridized carbons (Fsp3) is 0.455. The molecule has 0 aliphatic heterocycles. The molecule has 0 aromatic heterocycles. The molecule has 1 saturated carbocycles. The van der Waals surface area contributed by atoms with Gasteiger partial charge in [0.15, 0.2) is 0 Å². The number of phenolic OH excluding ortho intramolecular Hbond substituents is 1. The summed E-state index contributed by atoms with van der Waals surface area (Å²) in [6.45, 7) is 0. The number of para-hydroxylation sites is 1. The van der Waals surface area contributed by atoms with Crippen LogP contribution in [0, 0.1) is 5.92 Å². The molecule has 1 aliphatic rings. The van der Waals surface area contributed by atoms with Crippen LogP contribution in [0.5, 0.6) is 5.75 Å². The second kappa shape index (κ2) is 3.36. The van der Waals surface area contributed by atoms with Crippen molar-refractivity contribution in [2.24, 2.45) is 5.92 Å². The SMILES string of the molecule is Oc1ccccc1C(F)C1CCC1. The third kappa shape index (κ3) is 1.53. The van der Waals surface area contributed by atoms with Gasteiger partial charge in [0.05, 0.1) is 0 Å². The van der Waals surface area contributed by atoms with Crippen LogP contribution in [-0.2, 0) is 0 Å². The highest BCUT2D eigenvalue weighted by Gasteiger charge is 2.29. The number of rotatable bonds is 2. The Morgan fingerprint density at radius 2 is 2.00 bits per heavy atom. The molecule has 1 aromatic carbocycles. The molecule has 1 aromatic rings. The summed E-state index contributed by atoms with van der Waals surface area (Å²) in [5, 5.41) is 9.41. The summed E-state index contributed by atoms with van der Waals surface area (Å²) in [6, 6.07) is 6.69. The first-order chi connectivity index (χ1) is 6.29. The highest BCUT2D eigenvalue weighted by Crippen LogP contribution is 2.42. The van der Waals surface area contributed by atoms with Gasteiger partial charge in [-0.3, -0.25) is 0 Å². The van der Waals surface area contributed by atoms with Crippen LogP contribution in [0.4, 0.5) is 4.39 Å². The topological polar surface area (TPSA) is 20.2 Å². The van der Waals surface area contributed by atoms with Crippen molar-refractivity contribution in [3.8, 4) is 5.75 Å². The Hall–Kier alpha value is -1.05. The molecule has 0 spiro atoms.